The van der Waals surface area contributed by atoms with Crippen molar-refractivity contribution in [1.82, 2.24) is 10.2 Å². The molecule has 1 aliphatic heterocycles. The molecule has 0 aromatic heterocycles. The highest BCUT2D eigenvalue weighted by Crippen LogP contribution is 2.25. The Bertz CT molecular complexity index is 201. The SMILES string of the molecule is CCCCCC(C)(C)CN1CCNCC(C)C1. The molecule has 0 spiro atoms. The molecule has 0 aromatic rings. The maximum atomic E-state index is 3.52. The molecule has 2 nitrogen and oxygen atoms in total. The van der Waals surface area contributed by atoms with Gasteiger partial charge in [-0.05, 0) is 24.3 Å². The van der Waals surface area contributed by atoms with Crippen LogP contribution >= 0.6 is 0 Å². The average Bonchev–Trinajstić information content (AvgIpc) is 2.42. The van der Waals surface area contributed by atoms with Gasteiger partial charge in [0, 0.05) is 26.2 Å². The number of nitrogens with one attached hydrogen (secondary N) is 1. The maximum Gasteiger partial charge on any atom is 0.0107 e. The largest absolute Gasteiger partial charge is 0.315 e. The van der Waals surface area contributed by atoms with Crippen LogP contribution in [0.25, 0.3) is 0 Å². The molecule has 1 N–H and O–H groups in total. The van der Waals surface area contributed by atoms with Crippen molar-refractivity contribution in [2.24, 2.45) is 11.3 Å². The van der Waals surface area contributed by atoms with E-state index in [1.807, 2.05) is 0 Å². The second-order valence-corrected chi connectivity index (χ2v) is 6.67. The lowest BCUT2D eigenvalue weighted by Gasteiger charge is -2.33. The lowest BCUT2D eigenvalue weighted by Crippen LogP contribution is -2.37. The fraction of sp³-hybridized carbons (Fsp3) is 1.00. The van der Waals surface area contributed by atoms with E-state index in [4.69, 9.17) is 0 Å². The molecular weight excluding hydrogens is 208 g/mol. The Morgan fingerprint density at radius 3 is 2.76 bits per heavy atom. The lowest BCUT2D eigenvalue weighted by atomic mass is 9.86. The van der Waals surface area contributed by atoms with E-state index >= 15 is 0 Å². The molecule has 1 saturated heterocycles. The van der Waals surface area contributed by atoms with Crippen molar-refractivity contribution >= 4 is 0 Å². The lowest BCUT2D eigenvalue weighted by molar-refractivity contribution is 0.162. The highest BCUT2D eigenvalue weighted by molar-refractivity contribution is 4.78. The van der Waals surface area contributed by atoms with Crippen LogP contribution in [-0.4, -0.2) is 37.6 Å². The molecule has 1 heterocycles. The summed E-state index contributed by atoms with van der Waals surface area (Å²) < 4.78 is 0. The summed E-state index contributed by atoms with van der Waals surface area (Å²) in [7, 11) is 0. The van der Waals surface area contributed by atoms with Crippen LogP contribution in [0.2, 0.25) is 0 Å². The minimum atomic E-state index is 0.485. The normalized spacial score (nSPS) is 23.6. The van der Waals surface area contributed by atoms with Crippen molar-refractivity contribution in [2.45, 2.75) is 53.4 Å². The van der Waals surface area contributed by atoms with Crippen molar-refractivity contribution in [3.63, 3.8) is 0 Å². The van der Waals surface area contributed by atoms with Crippen molar-refractivity contribution in [1.29, 1.82) is 0 Å². The van der Waals surface area contributed by atoms with Gasteiger partial charge in [0.05, 0.1) is 0 Å². The fourth-order valence-electron chi connectivity index (χ4n) is 2.86. The van der Waals surface area contributed by atoms with E-state index in [-0.39, 0.29) is 0 Å². The Labute approximate surface area is 108 Å². The van der Waals surface area contributed by atoms with Crippen LogP contribution in [0.1, 0.15) is 53.4 Å². The second-order valence-electron chi connectivity index (χ2n) is 6.67. The Kier molecular flexibility index (Phi) is 6.50. The monoisotopic (exact) mass is 240 g/mol. The summed E-state index contributed by atoms with van der Waals surface area (Å²) in [6.07, 6.45) is 5.49. The molecule has 17 heavy (non-hydrogen) atoms. The van der Waals surface area contributed by atoms with Crippen molar-refractivity contribution in [3.05, 3.63) is 0 Å². The minimum Gasteiger partial charge on any atom is -0.315 e. The number of unbranched alkanes of at least 4 members (excludes halogenated alkanes) is 2. The van der Waals surface area contributed by atoms with Gasteiger partial charge in [-0.25, -0.2) is 0 Å². The molecule has 1 unspecified atom stereocenters. The van der Waals surface area contributed by atoms with Crippen molar-refractivity contribution in [3.8, 4) is 0 Å². The van der Waals surface area contributed by atoms with Gasteiger partial charge in [0.1, 0.15) is 0 Å². The highest BCUT2D eigenvalue weighted by atomic mass is 15.2. The van der Waals surface area contributed by atoms with Crippen molar-refractivity contribution < 1.29 is 0 Å². The molecule has 1 rings (SSSR count). The summed E-state index contributed by atoms with van der Waals surface area (Å²) in [5.74, 6) is 0.795. The first-order valence-electron chi connectivity index (χ1n) is 7.46. The average molecular weight is 240 g/mol. The van der Waals surface area contributed by atoms with E-state index in [1.54, 1.807) is 0 Å². The molecule has 0 radical (unpaired) electrons. The van der Waals surface area contributed by atoms with E-state index in [0.717, 1.165) is 12.5 Å². The molecule has 2 heteroatoms. The van der Waals surface area contributed by atoms with Crippen LogP contribution in [0.3, 0.4) is 0 Å². The molecule has 1 aliphatic rings. The smallest absolute Gasteiger partial charge is 0.0107 e. The zero-order chi connectivity index (χ0) is 12.7. The summed E-state index contributed by atoms with van der Waals surface area (Å²) in [6, 6.07) is 0. The summed E-state index contributed by atoms with van der Waals surface area (Å²) >= 11 is 0. The number of rotatable bonds is 6. The van der Waals surface area contributed by atoms with Gasteiger partial charge in [-0.1, -0.05) is 47.0 Å². The molecule has 1 atom stereocenters. The van der Waals surface area contributed by atoms with Crippen LogP contribution in [0, 0.1) is 11.3 Å². The van der Waals surface area contributed by atoms with E-state index < -0.39 is 0 Å². The number of nitrogens with zero attached hydrogens (tertiary/aromatic N) is 1. The summed E-state index contributed by atoms with van der Waals surface area (Å²) in [4.78, 5) is 2.66. The van der Waals surface area contributed by atoms with Gasteiger partial charge in [-0.2, -0.15) is 0 Å². The number of hydrogen-bond donors (Lipinski definition) is 1. The van der Waals surface area contributed by atoms with Gasteiger partial charge in [0.2, 0.25) is 0 Å². The first-order valence-corrected chi connectivity index (χ1v) is 7.46. The molecule has 0 amide bonds. The number of hydrogen-bond acceptors (Lipinski definition) is 2. The zero-order valence-electron chi connectivity index (χ0n) is 12.4. The van der Waals surface area contributed by atoms with Crippen LogP contribution in [0.4, 0.5) is 0 Å². The zero-order valence-corrected chi connectivity index (χ0v) is 12.4. The van der Waals surface area contributed by atoms with Crippen LogP contribution in [0.15, 0.2) is 0 Å². The maximum absolute atomic E-state index is 3.52. The van der Waals surface area contributed by atoms with E-state index in [0.29, 0.717) is 5.41 Å². The van der Waals surface area contributed by atoms with Gasteiger partial charge >= 0.3 is 0 Å². The summed E-state index contributed by atoms with van der Waals surface area (Å²) in [5, 5.41) is 3.52. The quantitative estimate of drug-likeness (QED) is 0.718. The Morgan fingerprint density at radius 1 is 1.29 bits per heavy atom. The van der Waals surface area contributed by atoms with E-state index in [2.05, 4.69) is 37.9 Å². The molecule has 1 fully saturated rings. The Hall–Kier alpha value is -0.0800. The first-order chi connectivity index (χ1) is 8.03. The van der Waals surface area contributed by atoms with Crippen LogP contribution in [0.5, 0.6) is 0 Å². The predicted octanol–water partition coefficient (Wildman–Crippen LogP) is 3.13. The van der Waals surface area contributed by atoms with Crippen LogP contribution in [-0.2, 0) is 0 Å². The summed E-state index contributed by atoms with van der Waals surface area (Å²) in [5.41, 5.74) is 0.485. The third-order valence-corrected chi connectivity index (χ3v) is 3.78. The Balaban J connectivity index is 2.33. The molecular formula is C15H32N2. The van der Waals surface area contributed by atoms with Crippen molar-refractivity contribution in [2.75, 3.05) is 32.7 Å². The molecule has 0 aromatic carbocycles. The van der Waals surface area contributed by atoms with E-state index in [9.17, 15) is 0 Å². The summed E-state index contributed by atoms with van der Waals surface area (Å²) in [6.45, 7) is 15.6. The van der Waals surface area contributed by atoms with Gasteiger partial charge < -0.3 is 10.2 Å². The van der Waals surface area contributed by atoms with Gasteiger partial charge in [-0.15, -0.1) is 0 Å². The predicted molar refractivity (Wildman–Crippen MR) is 76.4 cm³/mol. The second kappa shape index (κ2) is 7.38. The molecule has 0 aliphatic carbocycles. The minimum absolute atomic E-state index is 0.485. The van der Waals surface area contributed by atoms with Gasteiger partial charge in [0.25, 0.3) is 0 Å². The third-order valence-electron chi connectivity index (χ3n) is 3.78. The molecule has 0 saturated carbocycles. The molecule has 0 bridgehead atoms. The van der Waals surface area contributed by atoms with Gasteiger partial charge in [-0.3, -0.25) is 0 Å². The standard InChI is InChI=1S/C15H32N2/c1-5-6-7-8-15(3,4)13-17-10-9-16-11-14(2)12-17/h14,16H,5-13H2,1-4H3. The molecule has 102 valence electrons. The van der Waals surface area contributed by atoms with E-state index in [1.165, 1.54) is 51.9 Å². The van der Waals surface area contributed by atoms with Crippen LogP contribution < -0.4 is 5.32 Å². The fourth-order valence-corrected chi connectivity index (χ4v) is 2.86. The van der Waals surface area contributed by atoms with Gasteiger partial charge in [0.15, 0.2) is 0 Å². The topological polar surface area (TPSA) is 15.3 Å². The third kappa shape index (κ3) is 6.42. The first kappa shape index (κ1) is 15.0. The highest BCUT2D eigenvalue weighted by Gasteiger charge is 2.23. The Morgan fingerprint density at radius 2 is 2.06 bits per heavy atom.